The van der Waals surface area contributed by atoms with Crippen LogP contribution >= 0.6 is 0 Å². The van der Waals surface area contributed by atoms with Gasteiger partial charge in [0.1, 0.15) is 11.6 Å². The third-order valence-electron chi connectivity index (χ3n) is 7.75. The fourth-order valence-corrected chi connectivity index (χ4v) is 5.45. The Morgan fingerprint density at radius 2 is 1.79 bits per heavy atom. The van der Waals surface area contributed by atoms with Gasteiger partial charge in [-0.15, -0.1) is 0 Å². The number of amides is 5. The Kier molecular flexibility index (Phi) is 10.7. The first-order valence-electron chi connectivity index (χ1n) is 15.0. The summed E-state index contributed by atoms with van der Waals surface area (Å²) in [7, 11) is 1.99. The molecule has 2 saturated heterocycles. The van der Waals surface area contributed by atoms with Crippen LogP contribution in [0.2, 0.25) is 0 Å². The molecule has 0 aliphatic carbocycles. The number of carbonyl (C=O) groups excluding carboxylic acids is 5. The molecular weight excluding hydrogens is 556 g/mol. The molecule has 0 aromatic heterocycles. The zero-order chi connectivity index (χ0) is 31.1. The SMILES string of the molecule is CN(CCNc1cccc2c1C(=O)N(C1CCC(=O)NC1=O)C2=O)CCOCCN1CCC(NC(=O)OC(C)(C)C)CC1. The first-order chi connectivity index (χ1) is 20.4. The topological polar surface area (TPSA) is 150 Å². The van der Waals surface area contributed by atoms with E-state index in [4.69, 9.17) is 9.47 Å². The van der Waals surface area contributed by atoms with Crippen LogP contribution in [0.25, 0.3) is 0 Å². The number of nitrogens with zero attached hydrogens (tertiary/aromatic N) is 3. The van der Waals surface area contributed by atoms with Gasteiger partial charge >= 0.3 is 6.09 Å². The highest BCUT2D eigenvalue weighted by Gasteiger charge is 2.45. The van der Waals surface area contributed by atoms with Crippen molar-refractivity contribution in [3.8, 4) is 0 Å². The van der Waals surface area contributed by atoms with Crippen molar-refractivity contribution in [1.82, 2.24) is 25.3 Å². The fraction of sp³-hybridized carbons (Fsp3) is 0.633. The van der Waals surface area contributed by atoms with E-state index in [0.717, 1.165) is 43.9 Å². The standard InChI is InChI=1S/C30H44N6O7/c1-30(2,3)43-29(41)32-20-10-13-35(14-11-20)17-19-42-18-16-34(4)15-12-31-22-7-5-6-21-25(22)28(40)36(27(21)39)23-8-9-24(37)33-26(23)38/h5-7,20,23,31H,8-19H2,1-4H3,(H,32,41)(H,33,37,38). The molecular formula is C30H44N6O7. The van der Waals surface area contributed by atoms with Gasteiger partial charge in [-0.1, -0.05) is 6.07 Å². The Morgan fingerprint density at radius 1 is 1.05 bits per heavy atom. The number of hydrogen-bond donors (Lipinski definition) is 3. The molecule has 5 amide bonds. The lowest BCUT2D eigenvalue weighted by Crippen LogP contribution is -2.54. The van der Waals surface area contributed by atoms with Crippen molar-refractivity contribution in [1.29, 1.82) is 0 Å². The maximum atomic E-state index is 13.2. The van der Waals surface area contributed by atoms with E-state index in [1.54, 1.807) is 18.2 Å². The van der Waals surface area contributed by atoms with Gasteiger partial charge in [0.25, 0.3) is 11.8 Å². The smallest absolute Gasteiger partial charge is 0.407 e. The number of likely N-dealkylation sites (tertiary alicyclic amines) is 1. The zero-order valence-corrected chi connectivity index (χ0v) is 25.6. The molecule has 0 spiro atoms. The third-order valence-corrected chi connectivity index (χ3v) is 7.75. The summed E-state index contributed by atoms with van der Waals surface area (Å²) in [4.78, 5) is 67.5. The molecule has 1 atom stereocenters. The van der Waals surface area contributed by atoms with Gasteiger partial charge in [-0.05, 0) is 59.2 Å². The summed E-state index contributed by atoms with van der Waals surface area (Å²) in [5.41, 5.74) is 0.554. The van der Waals surface area contributed by atoms with Crippen LogP contribution in [0.5, 0.6) is 0 Å². The highest BCUT2D eigenvalue weighted by Crippen LogP contribution is 2.32. The van der Waals surface area contributed by atoms with E-state index in [-0.39, 0.29) is 36.1 Å². The van der Waals surface area contributed by atoms with Gasteiger partial charge in [-0.2, -0.15) is 0 Å². The molecule has 0 bridgehead atoms. The predicted molar refractivity (Wildman–Crippen MR) is 159 cm³/mol. The molecule has 1 aromatic rings. The summed E-state index contributed by atoms with van der Waals surface area (Å²) in [6.45, 7) is 11.4. The number of alkyl carbamates (subject to hydrolysis) is 1. The van der Waals surface area contributed by atoms with Crippen LogP contribution < -0.4 is 16.0 Å². The summed E-state index contributed by atoms with van der Waals surface area (Å²) in [6.07, 6.45) is 1.61. The van der Waals surface area contributed by atoms with E-state index in [1.165, 1.54) is 0 Å². The number of fused-ring (bicyclic) bond motifs is 1. The lowest BCUT2D eigenvalue weighted by atomic mass is 10.0. The van der Waals surface area contributed by atoms with E-state index < -0.39 is 35.3 Å². The van der Waals surface area contributed by atoms with Crippen molar-refractivity contribution < 1.29 is 33.4 Å². The summed E-state index contributed by atoms with van der Waals surface area (Å²) >= 11 is 0. The molecule has 3 N–H and O–H groups in total. The van der Waals surface area contributed by atoms with Crippen LogP contribution in [0.4, 0.5) is 10.5 Å². The highest BCUT2D eigenvalue weighted by atomic mass is 16.6. The van der Waals surface area contributed by atoms with E-state index in [0.29, 0.717) is 32.0 Å². The van der Waals surface area contributed by atoms with Crippen molar-refractivity contribution in [2.75, 3.05) is 64.8 Å². The van der Waals surface area contributed by atoms with Crippen molar-refractivity contribution in [3.63, 3.8) is 0 Å². The Balaban J connectivity index is 1.12. The number of carbonyl (C=O) groups is 5. The Hall–Kier alpha value is -3.55. The summed E-state index contributed by atoms with van der Waals surface area (Å²) in [5, 5.41) is 8.44. The number of hydrogen-bond acceptors (Lipinski definition) is 10. The average Bonchev–Trinajstić information content (AvgIpc) is 3.18. The molecule has 3 aliphatic heterocycles. The second-order valence-electron chi connectivity index (χ2n) is 12.3. The molecule has 0 radical (unpaired) electrons. The Bertz CT molecular complexity index is 1210. The molecule has 13 nitrogen and oxygen atoms in total. The minimum Gasteiger partial charge on any atom is -0.444 e. The molecule has 236 valence electrons. The molecule has 3 aliphatic rings. The van der Waals surface area contributed by atoms with Gasteiger partial charge in [-0.25, -0.2) is 4.79 Å². The zero-order valence-electron chi connectivity index (χ0n) is 25.6. The maximum Gasteiger partial charge on any atom is 0.407 e. The molecule has 43 heavy (non-hydrogen) atoms. The summed E-state index contributed by atoms with van der Waals surface area (Å²) in [5.74, 6) is -2.07. The van der Waals surface area contributed by atoms with Crippen LogP contribution in [0, 0.1) is 0 Å². The van der Waals surface area contributed by atoms with Crippen molar-refractivity contribution in [3.05, 3.63) is 29.3 Å². The minimum absolute atomic E-state index is 0.0821. The van der Waals surface area contributed by atoms with Gasteiger partial charge in [0.2, 0.25) is 11.8 Å². The van der Waals surface area contributed by atoms with Crippen LogP contribution in [0.3, 0.4) is 0 Å². The van der Waals surface area contributed by atoms with Gasteiger partial charge in [0.15, 0.2) is 0 Å². The van der Waals surface area contributed by atoms with E-state index in [1.807, 2.05) is 27.8 Å². The van der Waals surface area contributed by atoms with Gasteiger partial charge in [0, 0.05) is 57.4 Å². The number of likely N-dealkylation sites (N-methyl/N-ethyl adjacent to an activating group) is 1. The number of benzene rings is 1. The lowest BCUT2D eigenvalue weighted by Gasteiger charge is -2.32. The number of ether oxygens (including phenoxy) is 2. The normalized spacial score (nSPS) is 19.9. The van der Waals surface area contributed by atoms with Crippen molar-refractivity contribution in [2.24, 2.45) is 0 Å². The van der Waals surface area contributed by atoms with E-state index in [9.17, 15) is 24.0 Å². The maximum absolute atomic E-state index is 13.2. The lowest BCUT2D eigenvalue weighted by molar-refractivity contribution is -0.136. The Labute approximate surface area is 252 Å². The van der Waals surface area contributed by atoms with Crippen LogP contribution in [0.1, 0.15) is 67.2 Å². The quantitative estimate of drug-likeness (QED) is 0.238. The van der Waals surface area contributed by atoms with Crippen LogP contribution in [-0.2, 0) is 19.1 Å². The first kappa shape index (κ1) is 32.4. The minimum atomic E-state index is -0.989. The number of imide groups is 2. The first-order valence-corrected chi connectivity index (χ1v) is 15.0. The number of nitrogens with one attached hydrogen (secondary N) is 3. The Morgan fingerprint density at radius 3 is 2.49 bits per heavy atom. The average molecular weight is 601 g/mol. The number of anilines is 1. The molecule has 1 unspecified atom stereocenters. The molecule has 1 aromatic carbocycles. The monoisotopic (exact) mass is 600 g/mol. The van der Waals surface area contributed by atoms with Gasteiger partial charge in [-0.3, -0.25) is 29.4 Å². The molecule has 0 saturated carbocycles. The third kappa shape index (κ3) is 8.74. The summed E-state index contributed by atoms with van der Waals surface area (Å²) < 4.78 is 11.2. The van der Waals surface area contributed by atoms with Crippen LogP contribution in [0.15, 0.2) is 18.2 Å². The van der Waals surface area contributed by atoms with Crippen molar-refractivity contribution in [2.45, 2.75) is 64.1 Å². The second-order valence-corrected chi connectivity index (χ2v) is 12.3. The van der Waals surface area contributed by atoms with E-state index in [2.05, 4.69) is 25.8 Å². The van der Waals surface area contributed by atoms with E-state index >= 15 is 0 Å². The number of piperidine rings is 2. The van der Waals surface area contributed by atoms with Gasteiger partial charge < -0.3 is 29.9 Å². The largest absolute Gasteiger partial charge is 0.444 e. The summed E-state index contributed by atoms with van der Waals surface area (Å²) in [6, 6.07) is 4.18. The molecule has 3 heterocycles. The van der Waals surface area contributed by atoms with Gasteiger partial charge in [0.05, 0.1) is 24.3 Å². The molecule has 2 fully saturated rings. The van der Waals surface area contributed by atoms with Crippen LogP contribution in [-0.4, -0.2) is 122 Å². The fourth-order valence-electron chi connectivity index (χ4n) is 5.45. The molecule has 13 heteroatoms. The second kappa shape index (κ2) is 14.3. The number of rotatable bonds is 12. The predicted octanol–water partition coefficient (Wildman–Crippen LogP) is 1.44. The highest BCUT2D eigenvalue weighted by molar-refractivity contribution is 6.25. The van der Waals surface area contributed by atoms with Crippen molar-refractivity contribution >= 4 is 35.4 Å². The molecule has 4 rings (SSSR count).